The normalized spacial score (nSPS) is 10.1. The third-order valence-corrected chi connectivity index (χ3v) is 3.12. The van der Waals surface area contributed by atoms with Crippen LogP contribution in [0.4, 0.5) is 5.82 Å². The second-order valence-corrected chi connectivity index (χ2v) is 4.27. The highest BCUT2D eigenvalue weighted by atomic mass is 32.2. The van der Waals surface area contributed by atoms with Crippen LogP contribution in [-0.4, -0.2) is 17.8 Å². The second-order valence-electron chi connectivity index (χ2n) is 3.17. The second kappa shape index (κ2) is 6.71. The molecule has 1 N–H and O–H groups in total. The summed E-state index contributed by atoms with van der Waals surface area (Å²) in [5, 5.41) is 3.11. The lowest BCUT2D eigenvalue weighted by Crippen LogP contribution is -1.97. The van der Waals surface area contributed by atoms with Crippen molar-refractivity contribution in [3.63, 3.8) is 0 Å². The lowest BCUT2D eigenvalue weighted by molar-refractivity contribution is 0.896. The molecule has 0 aliphatic heterocycles. The summed E-state index contributed by atoms with van der Waals surface area (Å²) in [4.78, 5) is 4.27. The van der Waals surface area contributed by atoms with Crippen molar-refractivity contribution in [1.82, 2.24) is 4.98 Å². The first-order valence-corrected chi connectivity index (χ1v) is 6.23. The fourth-order valence-corrected chi connectivity index (χ4v) is 2.30. The zero-order chi connectivity index (χ0) is 10.2. The Labute approximate surface area is 90.5 Å². The Hall–Kier alpha value is -0.700. The van der Waals surface area contributed by atoms with Gasteiger partial charge in [0, 0.05) is 24.6 Å². The van der Waals surface area contributed by atoms with Crippen LogP contribution in [0.1, 0.15) is 25.3 Å². The van der Waals surface area contributed by atoms with Crippen molar-refractivity contribution in [2.75, 3.05) is 18.1 Å². The van der Waals surface area contributed by atoms with E-state index in [4.69, 9.17) is 0 Å². The van der Waals surface area contributed by atoms with E-state index in [-0.39, 0.29) is 0 Å². The molecular formula is C11H18N2S. The summed E-state index contributed by atoms with van der Waals surface area (Å²) in [6, 6.07) is 4.13. The highest BCUT2D eigenvalue weighted by molar-refractivity contribution is 7.98. The van der Waals surface area contributed by atoms with Gasteiger partial charge in [-0.3, -0.25) is 0 Å². The van der Waals surface area contributed by atoms with Crippen LogP contribution in [0.3, 0.4) is 0 Å². The molecule has 0 fully saturated rings. The largest absolute Gasteiger partial charge is 0.373 e. The zero-order valence-electron chi connectivity index (χ0n) is 8.92. The van der Waals surface area contributed by atoms with Crippen molar-refractivity contribution in [3.05, 3.63) is 23.9 Å². The van der Waals surface area contributed by atoms with E-state index >= 15 is 0 Å². The molecule has 0 aliphatic rings. The minimum Gasteiger partial charge on any atom is -0.373 e. The Kier molecular flexibility index (Phi) is 5.45. The van der Waals surface area contributed by atoms with Gasteiger partial charge in [0.05, 0.1) is 0 Å². The zero-order valence-corrected chi connectivity index (χ0v) is 9.73. The SMILES string of the molecule is CCCCSCc1cccnc1NC. The average Bonchev–Trinajstić information content (AvgIpc) is 2.25. The van der Waals surface area contributed by atoms with Gasteiger partial charge < -0.3 is 5.32 Å². The van der Waals surface area contributed by atoms with E-state index in [2.05, 4.69) is 23.3 Å². The fraction of sp³-hybridized carbons (Fsp3) is 0.545. The standard InChI is InChI=1S/C11H18N2S/c1-3-4-8-14-9-10-6-5-7-13-11(10)12-2/h5-7H,3-4,8-9H2,1-2H3,(H,12,13). The number of pyridine rings is 1. The van der Waals surface area contributed by atoms with Gasteiger partial charge in [-0.1, -0.05) is 19.4 Å². The molecule has 0 amide bonds. The number of rotatable bonds is 6. The van der Waals surface area contributed by atoms with Gasteiger partial charge in [-0.2, -0.15) is 11.8 Å². The lowest BCUT2D eigenvalue weighted by atomic mass is 10.3. The first-order valence-electron chi connectivity index (χ1n) is 5.08. The molecule has 14 heavy (non-hydrogen) atoms. The van der Waals surface area contributed by atoms with Crippen molar-refractivity contribution in [1.29, 1.82) is 0 Å². The first kappa shape index (κ1) is 11.4. The number of anilines is 1. The number of unbranched alkanes of at least 4 members (excludes halogenated alkanes) is 1. The van der Waals surface area contributed by atoms with Crippen LogP contribution in [0.25, 0.3) is 0 Å². The van der Waals surface area contributed by atoms with Gasteiger partial charge in [0.25, 0.3) is 0 Å². The van der Waals surface area contributed by atoms with E-state index in [1.54, 1.807) is 0 Å². The van der Waals surface area contributed by atoms with E-state index < -0.39 is 0 Å². The van der Waals surface area contributed by atoms with Gasteiger partial charge in [-0.05, 0) is 18.2 Å². The van der Waals surface area contributed by atoms with Gasteiger partial charge >= 0.3 is 0 Å². The Bertz CT molecular complexity index is 263. The molecule has 2 nitrogen and oxygen atoms in total. The molecule has 0 aromatic carbocycles. The van der Waals surface area contributed by atoms with E-state index in [0.717, 1.165) is 11.6 Å². The van der Waals surface area contributed by atoms with Gasteiger partial charge in [0.1, 0.15) is 5.82 Å². The smallest absolute Gasteiger partial charge is 0.129 e. The third-order valence-electron chi connectivity index (χ3n) is 2.03. The molecule has 0 aliphatic carbocycles. The number of thioether (sulfide) groups is 1. The Balaban J connectivity index is 2.41. The fourth-order valence-electron chi connectivity index (χ4n) is 1.21. The molecule has 0 saturated carbocycles. The minimum atomic E-state index is 1.01. The number of nitrogens with zero attached hydrogens (tertiary/aromatic N) is 1. The maximum atomic E-state index is 4.27. The minimum absolute atomic E-state index is 1.01. The number of hydrogen-bond acceptors (Lipinski definition) is 3. The van der Waals surface area contributed by atoms with Crippen LogP contribution < -0.4 is 5.32 Å². The lowest BCUT2D eigenvalue weighted by Gasteiger charge is -2.06. The highest BCUT2D eigenvalue weighted by Gasteiger charge is 2.00. The molecule has 1 rings (SSSR count). The summed E-state index contributed by atoms with van der Waals surface area (Å²) in [5.41, 5.74) is 1.30. The Morgan fingerprint density at radius 2 is 2.36 bits per heavy atom. The highest BCUT2D eigenvalue weighted by Crippen LogP contribution is 2.18. The van der Waals surface area contributed by atoms with Gasteiger partial charge in [-0.15, -0.1) is 0 Å². The molecular weight excluding hydrogens is 192 g/mol. The molecule has 1 aromatic rings. The summed E-state index contributed by atoms with van der Waals surface area (Å²) in [6.45, 7) is 2.23. The van der Waals surface area contributed by atoms with Crippen LogP contribution in [0.15, 0.2) is 18.3 Å². The Morgan fingerprint density at radius 3 is 3.07 bits per heavy atom. The summed E-state index contributed by atoms with van der Waals surface area (Å²) in [5.74, 6) is 3.31. The molecule has 78 valence electrons. The first-order chi connectivity index (χ1) is 6.88. The van der Waals surface area contributed by atoms with Crippen molar-refractivity contribution in [3.8, 4) is 0 Å². The molecule has 0 atom stereocenters. The van der Waals surface area contributed by atoms with Gasteiger partial charge in [-0.25, -0.2) is 4.98 Å². The molecule has 0 unspecified atom stereocenters. The summed E-state index contributed by atoms with van der Waals surface area (Å²) in [7, 11) is 1.92. The van der Waals surface area contributed by atoms with Crippen LogP contribution >= 0.6 is 11.8 Å². The van der Waals surface area contributed by atoms with E-state index in [9.17, 15) is 0 Å². The van der Waals surface area contributed by atoms with Crippen LogP contribution in [0.5, 0.6) is 0 Å². The molecule has 3 heteroatoms. The topological polar surface area (TPSA) is 24.9 Å². The molecule has 1 heterocycles. The van der Waals surface area contributed by atoms with Crippen LogP contribution in [-0.2, 0) is 5.75 Å². The van der Waals surface area contributed by atoms with E-state index in [0.29, 0.717) is 0 Å². The average molecular weight is 210 g/mol. The summed E-state index contributed by atoms with van der Waals surface area (Å²) in [6.07, 6.45) is 4.41. The number of hydrogen-bond donors (Lipinski definition) is 1. The maximum Gasteiger partial charge on any atom is 0.129 e. The van der Waals surface area contributed by atoms with Gasteiger partial charge in [0.15, 0.2) is 0 Å². The van der Waals surface area contributed by atoms with Crippen LogP contribution in [0.2, 0.25) is 0 Å². The van der Waals surface area contributed by atoms with Crippen molar-refractivity contribution in [2.24, 2.45) is 0 Å². The monoisotopic (exact) mass is 210 g/mol. The van der Waals surface area contributed by atoms with Crippen LogP contribution in [0, 0.1) is 0 Å². The molecule has 0 bridgehead atoms. The summed E-state index contributed by atoms with van der Waals surface area (Å²) >= 11 is 1.98. The third kappa shape index (κ3) is 3.58. The summed E-state index contributed by atoms with van der Waals surface area (Å²) < 4.78 is 0. The molecule has 0 spiro atoms. The number of aromatic nitrogens is 1. The van der Waals surface area contributed by atoms with Crippen molar-refractivity contribution >= 4 is 17.6 Å². The Morgan fingerprint density at radius 1 is 1.50 bits per heavy atom. The number of nitrogens with one attached hydrogen (secondary N) is 1. The molecule has 0 radical (unpaired) electrons. The predicted molar refractivity (Wildman–Crippen MR) is 64.9 cm³/mol. The van der Waals surface area contributed by atoms with Gasteiger partial charge in [0.2, 0.25) is 0 Å². The van der Waals surface area contributed by atoms with E-state index in [1.807, 2.05) is 31.1 Å². The van der Waals surface area contributed by atoms with Crippen molar-refractivity contribution < 1.29 is 0 Å². The predicted octanol–water partition coefficient (Wildman–Crippen LogP) is 3.16. The molecule has 1 aromatic heterocycles. The quantitative estimate of drug-likeness (QED) is 0.730. The van der Waals surface area contributed by atoms with E-state index in [1.165, 1.54) is 24.2 Å². The van der Waals surface area contributed by atoms with Crippen molar-refractivity contribution in [2.45, 2.75) is 25.5 Å². The maximum absolute atomic E-state index is 4.27. The molecule has 0 saturated heterocycles.